The van der Waals surface area contributed by atoms with Gasteiger partial charge < -0.3 is 10.5 Å². The smallest absolute Gasteiger partial charge is 0.328 e. The standard InChI is InChI=1S/C15H14N4O2/c16-14-5-7-19(18-14)9-15(20)21-10-11-3-4-13-12(8-11)2-1-6-17-13/h1-8H,9-10H2,(H2,16,18). The number of nitrogens with two attached hydrogens (primary N) is 1. The summed E-state index contributed by atoms with van der Waals surface area (Å²) in [5.41, 5.74) is 7.32. The summed E-state index contributed by atoms with van der Waals surface area (Å²) in [7, 11) is 0. The van der Waals surface area contributed by atoms with E-state index in [0.29, 0.717) is 5.82 Å². The third-order valence-electron chi connectivity index (χ3n) is 3.02. The van der Waals surface area contributed by atoms with Gasteiger partial charge in [-0.25, -0.2) is 0 Å². The van der Waals surface area contributed by atoms with Crippen molar-refractivity contribution >= 4 is 22.7 Å². The molecule has 21 heavy (non-hydrogen) atoms. The van der Waals surface area contributed by atoms with Crippen LogP contribution >= 0.6 is 0 Å². The number of carbonyl (C=O) groups is 1. The molecule has 0 aliphatic rings. The van der Waals surface area contributed by atoms with Crippen molar-refractivity contribution in [2.75, 3.05) is 5.73 Å². The number of ether oxygens (including phenoxy) is 1. The van der Waals surface area contributed by atoms with Crippen molar-refractivity contribution in [1.82, 2.24) is 14.8 Å². The number of esters is 1. The second-order valence-corrected chi connectivity index (χ2v) is 4.63. The Hall–Kier alpha value is -2.89. The summed E-state index contributed by atoms with van der Waals surface area (Å²) < 4.78 is 6.68. The highest BCUT2D eigenvalue weighted by atomic mass is 16.5. The second kappa shape index (κ2) is 5.62. The molecule has 0 unspecified atom stereocenters. The van der Waals surface area contributed by atoms with E-state index in [4.69, 9.17) is 10.5 Å². The monoisotopic (exact) mass is 282 g/mol. The highest BCUT2D eigenvalue weighted by Gasteiger charge is 2.06. The van der Waals surface area contributed by atoms with Gasteiger partial charge in [-0.2, -0.15) is 5.10 Å². The van der Waals surface area contributed by atoms with Crippen LogP contribution in [0.3, 0.4) is 0 Å². The summed E-state index contributed by atoms with van der Waals surface area (Å²) in [6.45, 7) is 0.271. The molecule has 0 saturated heterocycles. The lowest BCUT2D eigenvalue weighted by atomic mass is 10.1. The fourth-order valence-corrected chi connectivity index (χ4v) is 2.02. The SMILES string of the molecule is Nc1ccn(CC(=O)OCc2ccc3ncccc3c2)n1. The molecule has 0 fully saturated rings. The Morgan fingerprint density at radius 1 is 1.29 bits per heavy atom. The summed E-state index contributed by atoms with van der Waals surface area (Å²) in [6, 6.07) is 11.2. The molecule has 0 spiro atoms. The van der Waals surface area contributed by atoms with Gasteiger partial charge in [0.1, 0.15) is 19.0 Å². The van der Waals surface area contributed by atoms with Crippen LogP contribution in [0, 0.1) is 0 Å². The topological polar surface area (TPSA) is 83.0 Å². The zero-order chi connectivity index (χ0) is 14.7. The van der Waals surface area contributed by atoms with Crippen LogP contribution in [0.4, 0.5) is 5.82 Å². The van der Waals surface area contributed by atoms with Gasteiger partial charge in [-0.05, 0) is 29.8 Å². The maximum atomic E-state index is 11.7. The number of aromatic nitrogens is 3. The maximum Gasteiger partial charge on any atom is 0.328 e. The summed E-state index contributed by atoms with van der Waals surface area (Å²) >= 11 is 0. The van der Waals surface area contributed by atoms with Gasteiger partial charge in [-0.15, -0.1) is 0 Å². The Balaban J connectivity index is 1.61. The molecule has 6 heteroatoms. The largest absolute Gasteiger partial charge is 0.459 e. The van der Waals surface area contributed by atoms with Crippen LogP contribution in [-0.4, -0.2) is 20.7 Å². The summed E-state index contributed by atoms with van der Waals surface area (Å²) in [4.78, 5) is 16.0. The van der Waals surface area contributed by atoms with Crippen LogP contribution in [0.5, 0.6) is 0 Å². The van der Waals surface area contributed by atoms with Crippen LogP contribution in [0.1, 0.15) is 5.56 Å². The first-order valence-electron chi connectivity index (χ1n) is 6.49. The van der Waals surface area contributed by atoms with Gasteiger partial charge in [0.15, 0.2) is 0 Å². The van der Waals surface area contributed by atoms with Crippen molar-refractivity contribution in [3.8, 4) is 0 Å². The Labute approximate surface area is 121 Å². The number of nitrogen functional groups attached to an aromatic ring is 1. The van der Waals surface area contributed by atoms with Crippen molar-refractivity contribution in [2.45, 2.75) is 13.2 Å². The van der Waals surface area contributed by atoms with E-state index in [0.717, 1.165) is 16.5 Å². The summed E-state index contributed by atoms with van der Waals surface area (Å²) in [5.74, 6) is 0.0224. The molecule has 0 amide bonds. The minimum absolute atomic E-state index is 0.0480. The lowest BCUT2D eigenvalue weighted by Gasteiger charge is -2.06. The highest BCUT2D eigenvalue weighted by Crippen LogP contribution is 2.14. The van der Waals surface area contributed by atoms with E-state index in [1.165, 1.54) is 4.68 Å². The third kappa shape index (κ3) is 3.17. The van der Waals surface area contributed by atoms with E-state index >= 15 is 0 Å². The number of hydrogen-bond donors (Lipinski definition) is 1. The number of rotatable bonds is 4. The van der Waals surface area contributed by atoms with Crippen molar-refractivity contribution < 1.29 is 9.53 Å². The average molecular weight is 282 g/mol. The molecule has 0 aliphatic heterocycles. The van der Waals surface area contributed by atoms with Crippen LogP contribution in [0.25, 0.3) is 10.9 Å². The van der Waals surface area contributed by atoms with E-state index in [1.54, 1.807) is 18.5 Å². The minimum atomic E-state index is -0.357. The molecule has 0 saturated carbocycles. The molecule has 3 rings (SSSR count). The van der Waals surface area contributed by atoms with Gasteiger partial charge in [-0.3, -0.25) is 14.5 Å². The van der Waals surface area contributed by atoms with Gasteiger partial charge in [0.05, 0.1) is 5.52 Å². The Morgan fingerprint density at radius 3 is 3.00 bits per heavy atom. The van der Waals surface area contributed by atoms with Crippen LogP contribution in [0.2, 0.25) is 0 Å². The average Bonchev–Trinajstić information content (AvgIpc) is 2.90. The quantitative estimate of drug-likeness (QED) is 0.737. The molecular weight excluding hydrogens is 268 g/mol. The van der Waals surface area contributed by atoms with Crippen LogP contribution in [-0.2, 0) is 22.7 Å². The fourth-order valence-electron chi connectivity index (χ4n) is 2.02. The molecule has 2 heterocycles. The summed E-state index contributed by atoms with van der Waals surface area (Å²) in [5, 5.41) is 4.95. The molecule has 0 aliphatic carbocycles. The first kappa shape index (κ1) is 13.1. The van der Waals surface area contributed by atoms with E-state index in [2.05, 4.69) is 10.1 Å². The van der Waals surface area contributed by atoms with Gasteiger partial charge in [0.2, 0.25) is 0 Å². The predicted molar refractivity (Wildman–Crippen MR) is 78.2 cm³/mol. The lowest BCUT2D eigenvalue weighted by Crippen LogP contribution is -2.14. The summed E-state index contributed by atoms with van der Waals surface area (Å²) in [6.07, 6.45) is 3.39. The van der Waals surface area contributed by atoms with E-state index in [-0.39, 0.29) is 19.1 Å². The zero-order valence-corrected chi connectivity index (χ0v) is 11.3. The lowest BCUT2D eigenvalue weighted by molar-refractivity contribution is -0.145. The fraction of sp³-hybridized carbons (Fsp3) is 0.133. The Morgan fingerprint density at radius 2 is 2.19 bits per heavy atom. The molecule has 2 aromatic heterocycles. The highest BCUT2D eigenvalue weighted by molar-refractivity contribution is 5.79. The van der Waals surface area contributed by atoms with Crippen molar-refractivity contribution in [1.29, 1.82) is 0 Å². The molecule has 1 aromatic carbocycles. The predicted octanol–water partition coefficient (Wildman–Crippen LogP) is 1.76. The van der Waals surface area contributed by atoms with E-state index < -0.39 is 0 Å². The number of anilines is 1. The second-order valence-electron chi connectivity index (χ2n) is 4.63. The van der Waals surface area contributed by atoms with E-state index in [1.807, 2.05) is 30.3 Å². The molecule has 3 aromatic rings. The maximum absolute atomic E-state index is 11.7. The van der Waals surface area contributed by atoms with Crippen molar-refractivity contribution in [3.05, 3.63) is 54.4 Å². The minimum Gasteiger partial charge on any atom is -0.459 e. The normalized spacial score (nSPS) is 10.7. The Bertz CT molecular complexity index is 782. The first-order valence-corrected chi connectivity index (χ1v) is 6.49. The number of benzene rings is 1. The number of pyridine rings is 1. The number of carbonyl (C=O) groups excluding carboxylic acids is 1. The van der Waals surface area contributed by atoms with E-state index in [9.17, 15) is 4.79 Å². The van der Waals surface area contributed by atoms with Crippen LogP contribution in [0.15, 0.2) is 48.8 Å². The molecule has 2 N–H and O–H groups in total. The van der Waals surface area contributed by atoms with Gasteiger partial charge >= 0.3 is 5.97 Å². The zero-order valence-electron chi connectivity index (χ0n) is 11.3. The first-order chi connectivity index (χ1) is 10.2. The van der Waals surface area contributed by atoms with Gasteiger partial charge in [0, 0.05) is 17.8 Å². The molecule has 6 nitrogen and oxygen atoms in total. The number of hydrogen-bond acceptors (Lipinski definition) is 5. The van der Waals surface area contributed by atoms with Crippen molar-refractivity contribution in [3.63, 3.8) is 0 Å². The molecule has 0 radical (unpaired) electrons. The molecule has 0 bridgehead atoms. The molecule has 106 valence electrons. The number of fused-ring (bicyclic) bond motifs is 1. The molecular formula is C15H14N4O2. The number of nitrogens with zero attached hydrogens (tertiary/aromatic N) is 3. The van der Waals surface area contributed by atoms with Crippen molar-refractivity contribution in [2.24, 2.45) is 0 Å². The van der Waals surface area contributed by atoms with Gasteiger partial charge in [0.25, 0.3) is 0 Å². The van der Waals surface area contributed by atoms with Crippen LogP contribution < -0.4 is 5.73 Å². The third-order valence-corrected chi connectivity index (χ3v) is 3.02. The van der Waals surface area contributed by atoms with Gasteiger partial charge in [-0.1, -0.05) is 12.1 Å². The molecule has 0 atom stereocenters. The Kier molecular flexibility index (Phi) is 3.51.